The summed E-state index contributed by atoms with van der Waals surface area (Å²) >= 11 is 0. The van der Waals surface area contributed by atoms with Gasteiger partial charge in [-0.2, -0.15) is 0 Å². The fraction of sp³-hybridized carbons (Fsp3) is 0.600. The SMILES string of the molecule is CCc1cc(N(C)CC(C)O)ncn1. The number of rotatable bonds is 4. The van der Waals surface area contributed by atoms with Crippen molar-refractivity contribution in [3.8, 4) is 0 Å². The van der Waals surface area contributed by atoms with E-state index in [1.807, 2.05) is 18.0 Å². The lowest BCUT2D eigenvalue weighted by atomic mass is 10.3. The Hall–Kier alpha value is -1.16. The topological polar surface area (TPSA) is 49.2 Å². The molecule has 0 saturated carbocycles. The first-order valence-electron chi connectivity index (χ1n) is 4.83. The zero-order valence-corrected chi connectivity index (χ0v) is 8.94. The standard InChI is InChI=1S/C10H17N3O/c1-4-9-5-10(12-7-11-9)13(3)6-8(2)14/h5,7-8,14H,4,6H2,1-3H3. The molecule has 0 amide bonds. The third-order valence-electron chi connectivity index (χ3n) is 2.00. The highest BCUT2D eigenvalue weighted by Crippen LogP contribution is 2.09. The molecule has 0 radical (unpaired) electrons. The van der Waals surface area contributed by atoms with Gasteiger partial charge in [-0.15, -0.1) is 0 Å². The Morgan fingerprint density at radius 2 is 2.21 bits per heavy atom. The quantitative estimate of drug-likeness (QED) is 0.774. The molecule has 0 aliphatic carbocycles. The van der Waals surface area contributed by atoms with Crippen LogP contribution < -0.4 is 4.90 Å². The first-order valence-corrected chi connectivity index (χ1v) is 4.83. The summed E-state index contributed by atoms with van der Waals surface area (Å²) in [6.07, 6.45) is 2.12. The van der Waals surface area contributed by atoms with E-state index in [0.717, 1.165) is 17.9 Å². The van der Waals surface area contributed by atoms with E-state index < -0.39 is 0 Å². The molecule has 0 aliphatic rings. The second kappa shape index (κ2) is 4.91. The van der Waals surface area contributed by atoms with Crippen molar-refractivity contribution < 1.29 is 5.11 Å². The molecule has 1 unspecified atom stereocenters. The van der Waals surface area contributed by atoms with Crippen LogP contribution in [0.2, 0.25) is 0 Å². The molecule has 1 aromatic heterocycles. The number of hydrogen-bond acceptors (Lipinski definition) is 4. The maximum absolute atomic E-state index is 9.23. The van der Waals surface area contributed by atoms with Gasteiger partial charge in [0.1, 0.15) is 12.1 Å². The molecular formula is C10H17N3O. The molecule has 1 atom stereocenters. The van der Waals surface area contributed by atoms with E-state index in [1.165, 1.54) is 0 Å². The lowest BCUT2D eigenvalue weighted by Gasteiger charge is -2.19. The largest absolute Gasteiger partial charge is 0.392 e. The first-order chi connectivity index (χ1) is 6.63. The average molecular weight is 195 g/mol. The number of nitrogens with zero attached hydrogens (tertiary/aromatic N) is 3. The Kier molecular flexibility index (Phi) is 3.83. The summed E-state index contributed by atoms with van der Waals surface area (Å²) < 4.78 is 0. The maximum atomic E-state index is 9.23. The van der Waals surface area contributed by atoms with Gasteiger partial charge in [0, 0.05) is 25.4 Å². The Bertz CT molecular complexity index is 288. The van der Waals surface area contributed by atoms with Gasteiger partial charge in [-0.1, -0.05) is 6.92 Å². The van der Waals surface area contributed by atoms with Crippen molar-refractivity contribution in [1.82, 2.24) is 9.97 Å². The predicted octanol–water partition coefficient (Wildman–Crippen LogP) is 0.856. The first kappa shape index (κ1) is 10.9. The smallest absolute Gasteiger partial charge is 0.132 e. The fourth-order valence-electron chi connectivity index (χ4n) is 1.28. The summed E-state index contributed by atoms with van der Waals surface area (Å²) in [5.74, 6) is 0.859. The van der Waals surface area contributed by atoms with Crippen molar-refractivity contribution in [2.24, 2.45) is 0 Å². The van der Waals surface area contributed by atoms with Crippen LogP contribution >= 0.6 is 0 Å². The van der Waals surface area contributed by atoms with Crippen molar-refractivity contribution in [1.29, 1.82) is 0 Å². The van der Waals surface area contributed by atoms with Crippen molar-refractivity contribution in [3.63, 3.8) is 0 Å². The lowest BCUT2D eigenvalue weighted by Crippen LogP contribution is -2.27. The fourth-order valence-corrected chi connectivity index (χ4v) is 1.28. The van der Waals surface area contributed by atoms with E-state index in [0.29, 0.717) is 6.54 Å². The maximum Gasteiger partial charge on any atom is 0.132 e. The summed E-state index contributed by atoms with van der Waals surface area (Å²) in [5.41, 5.74) is 1.02. The highest BCUT2D eigenvalue weighted by atomic mass is 16.3. The Labute approximate surface area is 84.6 Å². The normalized spacial score (nSPS) is 12.6. The average Bonchev–Trinajstić information content (AvgIpc) is 2.17. The van der Waals surface area contributed by atoms with Crippen LogP contribution in [-0.4, -0.2) is 34.8 Å². The van der Waals surface area contributed by atoms with Gasteiger partial charge in [0.05, 0.1) is 6.10 Å². The van der Waals surface area contributed by atoms with Crippen molar-refractivity contribution in [2.75, 3.05) is 18.5 Å². The predicted molar refractivity (Wildman–Crippen MR) is 56.4 cm³/mol. The van der Waals surface area contributed by atoms with Crippen LogP contribution in [0.5, 0.6) is 0 Å². The highest BCUT2D eigenvalue weighted by molar-refractivity contribution is 5.37. The van der Waals surface area contributed by atoms with E-state index in [-0.39, 0.29) is 6.10 Å². The lowest BCUT2D eigenvalue weighted by molar-refractivity contribution is 0.201. The molecule has 0 spiro atoms. The van der Waals surface area contributed by atoms with E-state index in [4.69, 9.17) is 0 Å². The van der Waals surface area contributed by atoms with Crippen molar-refractivity contribution in [2.45, 2.75) is 26.4 Å². The molecule has 14 heavy (non-hydrogen) atoms. The summed E-state index contributed by atoms with van der Waals surface area (Å²) in [6, 6.07) is 1.95. The van der Waals surface area contributed by atoms with E-state index >= 15 is 0 Å². The van der Waals surface area contributed by atoms with Crippen LogP contribution in [0, 0.1) is 0 Å². The Morgan fingerprint density at radius 3 is 2.79 bits per heavy atom. The van der Waals surface area contributed by atoms with Crippen LogP contribution in [0.25, 0.3) is 0 Å². The Morgan fingerprint density at radius 1 is 1.50 bits per heavy atom. The van der Waals surface area contributed by atoms with Crippen molar-refractivity contribution >= 4 is 5.82 Å². The molecule has 0 saturated heterocycles. The molecule has 0 aromatic carbocycles. The molecule has 1 N–H and O–H groups in total. The zero-order valence-electron chi connectivity index (χ0n) is 8.94. The number of anilines is 1. The van der Waals surface area contributed by atoms with Crippen LogP contribution in [-0.2, 0) is 6.42 Å². The molecule has 0 fully saturated rings. The third-order valence-corrected chi connectivity index (χ3v) is 2.00. The minimum absolute atomic E-state index is 0.347. The van der Waals surface area contributed by atoms with Gasteiger partial charge in [-0.3, -0.25) is 0 Å². The number of aromatic nitrogens is 2. The molecule has 78 valence electrons. The molecule has 0 bridgehead atoms. The number of aliphatic hydroxyl groups excluding tert-OH is 1. The monoisotopic (exact) mass is 195 g/mol. The molecule has 0 aliphatic heterocycles. The summed E-state index contributed by atoms with van der Waals surface area (Å²) in [5, 5.41) is 9.23. The van der Waals surface area contributed by atoms with Crippen LogP contribution in [0.1, 0.15) is 19.5 Å². The molecule has 4 nitrogen and oxygen atoms in total. The number of hydrogen-bond donors (Lipinski definition) is 1. The molecule has 1 heterocycles. The third kappa shape index (κ3) is 2.96. The van der Waals surface area contributed by atoms with Crippen LogP contribution in [0.4, 0.5) is 5.82 Å². The van der Waals surface area contributed by atoms with Crippen LogP contribution in [0.3, 0.4) is 0 Å². The molecular weight excluding hydrogens is 178 g/mol. The minimum atomic E-state index is -0.347. The van der Waals surface area contributed by atoms with E-state index in [2.05, 4.69) is 16.9 Å². The van der Waals surface area contributed by atoms with Crippen molar-refractivity contribution in [3.05, 3.63) is 18.1 Å². The van der Waals surface area contributed by atoms with Gasteiger partial charge in [0.25, 0.3) is 0 Å². The van der Waals surface area contributed by atoms with E-state index in [1.54, 1.807) is 13.3 Å². The van der Waals surface area contributed by atoms with E-state index in [9.17, 15) is 5.11 Å². The minimum Gasteiger partial charge on any atom is -0.392 e. The molecule has 1 aromatic rings. The molecule has 1 rings (SSSR count). The van der Waals surface area contributed by atoms with Gasteiger partial charge < -0.3 is 10.0 Å². The summed E-state index contributed by atoms with van der Waals surface area (Å²) in [6.45, 7) is 4.40. The number of aryl methyl sites for hydroxylation is 1. The van der Waals surface area contributed by atoms with Crippen LogP contribution in [0.15, 0.2) is 12.4 Å². The van der Waals surface area contributed by atoms with Gasteiger partial charge in [-0.05, 0) is 13.3 Å². The summed E-state index contributed by atoms with van der Waals surface area (Å²) in [7, 11) is 1.91. The number of aliphatic hydroxyl groups is 1. The summed E-state index contributed by atoms with van der Waals surface area (Å²) in [4.78, 5) is 10.2. The second-order valence-electron chi connectivity index (χ2n) is 3.45. The highest BCUT2D eigenvalue weighted by Gasteiger charge is 2.06. The van der Waals surface area contributed by atoms with Gasteiger partial charge in [-0.25, -0.2) is 9.97 Å². The van der Waals surface area contributed by atoms with Gasteiger partial charge in [0.15, 0.2) is 0 Å². The number of likely N-dealkylation sites (N-methyl/N-ethyl adjacent to an activating group) is 1. The Balaban J connectivity index is 2.73. The molecule has 4 heteroatoms. The second-order valence-corrected chi connectivity index (χ2v) is 3.45. The van der Waals surface area contributed by atoms with Gasteiger partial charge in [0.2, 0.25) is 0 Å². The van der Waals surface area contributed by atoms with Gasteiger partial charge >= 0.3 is 0 Å². The zero-order chi connectivity index (χ0) is 10.6.